The van der Waals surface area contributed by atoms with E-state index in [0.717, 1.165) is 30.4 Å². The molecule has 0 aromatic heterocycles. The molecule has 1 aliphatic heterocycles. The number of nitrogens with zero attached hydrogens (tertiary/aromatic N) is 1. The van der Waals surface area contributed by atoms with Crippen LogP contribution >= 0.6 is 11.8 Å². The van der Waals surface area contributed by atoms with Crippen molar-refractivity contribution in [2.75, 3.05) is 44.3 Å². The Hall–Kier alpha value is 0.230. The molecule has 0 saturated carbocycles. The second-order valence-electron chi connectivity index (χ2n) is 5.20. The van der Waals surface area contributed by atoms with Gasteiger partial charge in [0.05, 0.1) is 0 Å². The molecular formula is C14H30N2OS. The molecule has 1 saturated heterocycles. The van der Waals surface area contributed by atoms with Crippen LogP contribution in [0.2, 0.25) is 0 Å². The molecule has 2 N–H and O–H groups in total. The molecule has 18 heavy (non-hydrogen) atoms. The maximum Gasteiger partial charge on any atom is 0.0438 e. The van der Waals surface area contributed by atoms with E-state index in [4.69, 9.17) is 5.11 Å². The fourth-order valence-electron chi connectivity index (χ4n) is 2.56. The Morgan fingerprint density at radius 1 is 1.33 bits per heavy atom. The summed E-state index contributed by atoms with van der Waals surface area (Å²) in [5, 5.41) is 12.4. The van der Waals surface area contributed by atoms with E-state index in [1.54, 1.807) is 0 Å². The first-order valence-electron chi connectivity index (χ1n) is 7.42. The summed E-state index contributed by atoms with van der Waals surface area (Å²) in [4.78, 5) is 2.55. The van der Waals surface area contributed by atoms with Crippen LogP contribution < -0.4 is 5.32 Å². The molecule has 1 atom stereocenters. The molecular weight excluding hydrogens is 244 g/mol. The quantitative estimate of drug-likeness (QED) is 0.629. The molecule has 0 aromatic carbocycles. The van der Waals surface area contributed by atoms with Gasteiger partial charge in [-0.2, -0.15) is 11.8 Å². The van der Waals surface area contributed by atoms with E-state index in [1.807, 2.05) is 11.8 Å². The number of piperidine rings is 1. The van der Waals surface area contributed by atoms with Crippen LogP contribution in [0.25, 0.3) is 0 Å². The molecule has 1 heterocycles. The van der Waals surface area contributed by atoms with Crippen molar-refractivity contribution in [3.8, 4) is 0 Å². The van der Waals surface area contributed by atoms with Crippen LogP contribution in [0.5, 0.6) is 0 Å². The Bertz CT molecular complexity index is 196. The molecule has 0 aromatic rings. The minimum atomic E-state index is 0.326. The second-order valence-corrected chi connectivity index (χ2v) is 6.43. The van der Waals surface area contributed by atoms with Crippen molar-refractivity contribution in [1.82, 2.24) is 10.2 Å². The number of likely N-dealkylation sites (tertiary alicyclic amines) is 1. The van der Waals surface area contributed by atoms with Crippen molar-refractivity contribution >= 4 is 11.8 Å². The minimum Gasteiger partial charge on any atom is -0.396 e. The van der Waals surface area contributed by atoms with Crippen molar-refractivity contribution in [2.24, 2.45) is 5.92 Å². The largest absolute Gasteiger partial charge is 0.396 e. The van der Waals surface area contributed by atoms with E-state index >= 15 is 0 Å². The molecule has 0 aliphatic carbocycles. The van der Waals surface area contributed by atoms with E-state index in [-0.39, 0.29) is 0 Å². The summed E-state index contributed by atoms with van der Waals surface area (Å²) < 4.78 is 0. The minimum absolute atomic E-state index is 0.326. The van der Waals surface area contributed by atoms with Crippen molar-refractivity contribution in [2.45, 2.75) is 39.2 Å². The molecule has 108 valence electrons. The second kappa shape index (κ2) is 10.1. The average Bonchev–Trinajstić information content (AvgIpc) is 2.42. The molecule has 1 aliphatic rings. The molecule has 1 rings (SSSR count). The summed E-state index contributed by atoms with van der Waals surface area (Å²) in [5.74, 6) is 3.11. The molecule has 0 spiro atoms. The maximum atomic E-state index is 8.69. The third-order valence-corrected chi connectivity index (χ3v) is 5.02. The van der Waals surface area contributed by atoms with Gasteiger partial charge in [-0.25, -0.2) is 0 Å². The fraction of sp³-hybridized carbons (Fsp3) is 1.00. The van der Waals surface area contributed by atoms with Crippen molar-refractivity contribution in [3.63, 3.8) is 0 Å². The lowest BCUT2D eigenvalue weighted by molar-refractivity contribution is 0.170. The highest BCUT2D eigenvalue weighted by atomic mass is 32.2. The van der Waals surface area contributed by atoms with Gasteiger partial charge in [0.2, 0.25) is 0 Å². The predicted molar refractivity (Wildman–Crippen MR) is 81.3 cm³/mol. The van der Waals surface area contributed by atoms with Gasteiger partial charge in [-0.05, 0) is 57.5 Å². The average molecular weight is 274 g/mol. The van der Waals surface area contributed by atoms with Gasteiger partial charge in [0.25, 0.3) is 0 Å². The molecule has 3 nitrogen and oxygen atoms in total. The first-order chi connectivity index (χ1) is 8.77. The van der Waals surface area contributed by atoms with Gasteiger partial charge in [-0.3, -0.25) is 0 Å². The van der Waals surface area contributed by atoms with Crippen LogP contribution in [0.1, 0.15) is 33.1 Å². The monoisotopic (exact) mass is 274 g/mol. The lowest BCUT2D eigenvalue weighted by Crippen LogP contribution is -2.42. The van der Waals surface area contributed by atoms with Crippen molar-refractivity contribution < 1.29 is 5.11 Å². The van der Waals surface area contributed by atoms with E-state index in [0.29, 0.717) is 12.6 Å². The van der Waals surface area contributed by atoms with Gasteiger partial charge in [0.1, 0.15) is 0 Å². The molecule has 0 radical (unpaired) electrons. The van der Waals surface area contributed by atoms with Crippen molar-refractivity contribution in [3.05, 3.63) is 0 Å². The van der Waals surface area contributed by atoms with Crippen LogP contribution in [-0.4, -0.2) is 60.3 Å². The lowest BCUT2D eigenvalue weighted by Gasteiger charge is -2.34. The summed E-state index contributed by atoms with van der Waals surface area (Å²) >= 11 is 1.94. The summed E-state index contributed by atoms with van der Waals surface area (Å²) in [6, 6.07) is 0.655. The summed E-state index contributed by atoms with van der Waals surface area (Å²) in [6.45, 7) is 9.78. The van der Waals surface area contributed by atoms with Crippen LogP contribution in [-0.2, 0) is 0 Å². The number of nitrogens with one attached hydrogen (secondary N) is 1. The van der Waals surface area contributed by atoms with Gasteiger partial charge >= 0.3 is 0 Å². The number of hydrogen-bond acceptors (Lipinski definition) is 4. The van der Waals surface area contributed by atoms with Crippen LogP contribution in [0.15, 0.2) is 0 Å². The predicted octanol–water partition coefficient (Wildman–Crippen LogP) is 1.81. The highest BCUT2D eigenvalue weighted by Gasteiger charge is 2.22. The van der Waals surface area contributed by atoms with E-state index in [2.05, 4.69) is 24.1 Å². The normalized spacial score (nSPS) is 20.2. The molecule has 1 fully saturated rings. The topological polar surface area (TPSA) is 35.5 Å². The highest BCUT2D eigenvalue weighted by Crippen LogP contribution is 2.20. The Balaban J connectivity index is 2.01. The molecule has 0 amide bonds. The Morgan fingerprint density at radius 2 is 2.06 bits per heavy atom. The zero-order chi connectivity index (χ0) is 13.2. The fourth-order valence-corrected chi connectivity index (χ4v) is 3.36. The van der Waals surface area contributed by atoms with E-state index in [9.17, 15) is 0 Å². The SMILES string of the molecule is CCN1CCC(C(C)NCCSCCCO)CC1. The first kappa shape index (κ1) is 16.3. The maximum absolute atomic E-state index is 8.69. The van der Waals surface area contributed by atoms with E-state index in [1.165, 1.54) is 32.5 Å². The van der Waals surface area contributed by atoms with Crippen LogP contribution in [0, 0.1) is 5.92 Å². The van der Waals surface area contributed by atoms with E-state index < -0.39 is 0 Å². The van der Waals surface area contributed by atoms with Gasteiger partial charge in [0, 0.05) is 24.9 Å². The summed E-state index contributed by atoms with van der Waals surface area (Å²) in [5.41, 5.74) is 0. The van der Waals surface area contributed by atoms with Gasteiger partial charge in [0.15, 0.2) is 0 Å². The number of aliphatic hydroxyl groups is 1. The zero-order valence-corrected chi connectivity index (χ0v) is 12.8. The summed E-state index contributed by atoms with van der Waals surface area (Å²) in [6.07, 6.45) is 3.62. The Morgan fingerprint density at radius 3 is 2.67 bits per heavy atom. The van der Waals surface area contributed by atoms with Gasteiger partial charge in [-0.15, -0.1) is 0 Å². The highest BCUT2D eigenvalue weighted by molar-refractivity contribution is 7.99. The number of rotatable bonds is 9. The number of thioether (sulfide) groups is 1. The van der Waals surface area contributed by atoms with Gasteiger partial charge < -0.3 is 15.3 Å². The molecule has 0 bridgehead atoms. The van der Waals surface area contributed by atoms with Crippen LogP contribution in [0.4, 0.5) is 0 Å². The first-order valence-corrected chi connectivity index (χ1v) is 8.57. The standard InChI is InChI=1S/C14H30N2OS/c1-3-16-8-5-14(6-9-16)13(2)15-7-12-18-11-4-10-17/h13-15,17H,3-12H2,1-2H3. The van der Waals surface area contributed by atoms with Gasteiger partial charge in [-0.1, -0.05) is 6.92 Å². The smallest absolute Gasteiger partial charge is 0.0438 e. The van der Waals surface area contributed by atoms with Crippen LogP contribution in [0.3, 0.4) is 0 Å². The Labute approximate surface area is 117 Å². The molecule has 1 unspecified atom stereocenters. The lowest BCUT2D eigenvalue weighted by atomic mass is 9.90. The Kier molecular flexibility index (Phi) is 9.11. The number of hydrogen-bond donors (Lipinski definition) is 2. The third kappa shape index (κ3) is 6.41. The molecule has 4 heteroatoms. The summed E-state index contributed by atoms with van der Waals surface area (Å²) in [7, 11) is 0. The third-order valence-electron chi connectivity index (χ3n) is 3.95. The van der Waals surface area contributed by atoms with Crippen molar-refractivity contribution in [1.29, 1.82) is 0 Å². The number of aliphatic hydroxyl groups excluding tert-OH is 1. The zero-order valence-electron chi connectivity index (χ0n) is 12.0.